The zero-order valence-electron chi connectivity index (χ0n) is 14.9. The number of amides is 1. The predicted octanol–water partition coefficient (Wildman–Crippen LogP) is 2.95. The highest BCUT2D eigenvalue weighted by atomic mass is 32.1. The van der Waals surface area contributed by atoms with Crippen molar-refractivity contribution in [2.45, 2.75) is 12.8 Å². The molecular formula is C20H24N2O3S. The SMILES string of the molecule is COCCCNC(=S)NC(=O)c1ccc(OCCc2ccccc2)cc1. The quantitative estimate of drug-likeness (QED) is 0.524. The Morgan fingerprint density at radius 1 is 1.04 bits per heavy atom. The fraction of sp³-hybridized carbons (Fsp3) is 0.300. The van der Waals surface area contributed by atoms with Gasteiger partial charge in [0.2, 0.25) is 0 Å². The number of carbonyl (C=O) groups excluding carboxylic acids is 1. The standard InChI is InChI=1S/C20H24N2O3S/c1-24-14-5-13-21-20(26)22-19(23)17-8-10-18(11-9-17)25-15-12-16-6-3-2-4-7-16/h2-4,6-11H,5,12-15H2,1H3,(H2,21,22,23,26). The van der Waals surface area contributed by atoms with E-state index in [1.54, 1.807) is 31.4 Å². The van der Waals surface area contributed by atoms with Crippen LogP contribution in [0, 0.1) is 0 Å². The lowest BCUT2D eigenvalue weighted by atomic mass is 10.2. The molecule has 138 valence electrons. The Morgan fingerprint density at radius 3 is 2.46 bits per heavy atom. The number of carbonyl (C=O) groups is 1. The Labute approximate surface area is 159 Å². The van der Waals surface area contributed by atoms with Crippen LogP contribution in [0.4, 0.5) is 0 Å². The number of hydrogen-bond acceptors (Lipinski definition) is 4. The number of benzene rings is 2. The van der Waals surface area contributed by atoms with Crippen LogP contribution >= 0.6 is 12.2 Å². The molecule has 1 amide bonds. The van der Waals surface area contributed by atoms with Gasteiger partial charge < -0.3 is 14.8 Å². The van der Waals surface area contributed by atoms with Crippen molar-refractivity contribution >= 4 is 23.2 Å². The van der Waals surface area contributed by atoms with Crippen LogP contribution in [0.1, 0.15) is 22.3 Å². The highest BCUT2D eigenvalue weighted by Gasteiger charge is 2.07. The van der Waals surface area contributed by atoms with Gasteiger partial charge in [-0.1, -0.05) is 30.3 Å². The fourth-order valence-corrected chi connectivity index (χ4v) is 2.47. The zero-order chi connectivity index (χ0) is 18.6. The summed E-state index contributed by atoms with van der Waals surface area (Å²) in [5, 5.41) is 5.94. The monoisotopic (exact) mass is 372 g/mol. The van der Waals surface area contributed by atoms with Crippen molar-refractivity contribution in [3.63, 3.8) is 0 Å². The van der Waals surface area contributed by atoms with E-state index in [4.69, 9.17) is 21.7 Å². The lowest BCUT2D eigenvalue weighted by Gasteiger charge is -2.10. The van der Waals surface area contributed by atoms with Crippen molar-refractivity contribution in [2.24, 2.45) is 0 Å². The third kappa shape index (κ3) is 7.21. The van der Waals surface area contributed by atoms with Gasteiger partial charge in [-0.2, -0.15) is 0 Å². The first-order valence-electron chi connectivity index (χ1n) is 8.54. The summed E-state index contributed by atoms with van der Waals surface area (Å²) in [4.78, 5) is 12.2. The van der Waals surface area contributed by atoms with Crippen molar-refractivity contribution in [1.82, 2.24) is 10.6 Å². The number of rotatable bonds is 9. The Bertz CT molecular complexity index is 690. The highest BCUT2D eigenvalue weighted by Crippen LogP contribution is 2.13. The largest absolute Gasteiger partial charge is 0.493 e. The molecule has 2 rings (SSSR count). The lowest BCUT2D eigenvalue weighted by molar-refractivity contribution is 0.0976. The van der Waals surface area contributed by atoms with Crippen LogP contribution in [0.25, 0.3) is 0 Å². The van der Waals surface area contributed by atoms with Crippen LogP contribution in [0.2, 0.25) is 0 Å². The van der Waals surface area contributed by atoms with E-state index in [2.05, 4.69) is 22.8 Å². The topological polar surface area (TPSA) is 59.6 Å². The Hall–Kier alpha value is -2.44. The van der Waals surface area contributed by atoms with Gasteiger partial charge in [0.1, 0.15) is 5.75 Å². The maximum absolute atomic E-state index is 12.2. The molecule has 2 N–H and O–H groups in total. The molecule has 0 spiro atoms. The van der Waals surface area contributed by atoms with Gasteiger partial charge in [-0.15, -0.1) is 0 Å². The third-order valence-electron chi connectivity index (χ3n) is 3.66. The van der Waals surface area contributed by atoms with Crippen LogP contribution in [-0.4, -0.2) is 37.9 Å². The summed E-state index contributed by atoms with van der Waals surface area (Å²) < 4.78 is 10.7. The molecule has 0 aromatic heterocycles. The van der Waals surface area contributed by atoms with Crippen LogP contribution in [0.15, 0.2) is 54.6 Å². The summed E-state index contributed by atoms with van der Waals surface area (Å²) in [5.41, 5.74) is 1.76. The van der Waals surface area contributed by atoms with E-state index >= 15 is 0 Å². The van der Waals surface area contributed by atoms with E-state index < -0.39 is 0 Å². The first-order chi connectivity index (χ1) is 12.7. The van der Waals surface area contributed by atoms with Gasteiger partial charge in [0.05, 0.1) is 6.61 Å². The molecular weight excluding hydrogens is 348 g/mol. The molecule has 0 aliphatic heterocycles. The first kappa shape index (κ1) is 19.9. The van der Waals surface area contributed by atoms with Crippen molar-refractivity contribution in [3.8, 4) is 5.75 Å². The minimum absolute atomic E-state index is 0.245. The van der Waals surface area contributed by atoms with Crippen molar-refractivity contribution in [3.05, 3.63) is 65.7 Å². The van der Waals surface area contributed by atoms with Gasteiger partial charge in [0.25, 0.3) is 5.91 Å². The van der Waals surface area contributed by atoms with E-state index in [1.807, 2.05) is 18.2 Å². The maximum Gasteiger partial charge on any atom is 0.257 e. The summed E-state index contributed by atoms with van der Waals surface area (Å²) in [6.07, 6.45) is 1.66. The van der Waals surface area contributed by atoms with E-state index in [-0.39, 0.29) is 5.91 Å². The summed E-state index contributed by atoms with van der Waals surface area (Å²) in [7, 11) is 1.65. The second-order valence-electron chi connectivity index (χ2n) is 5.66. The molecule has 0 unspecified atom stereocenters. The molecule has 0 saturated heterocycles. The third-order valence-corrected chi connectivity index (χ3v) is 3.90. The summed E-state index contributed by atoms with van der Waals surface area (Å²) >= 11 is 5.10. The van der Waals surface area contributed by atoms with Gasteiger partial charge in [0.15, 0.2) is 5.11 Å². The Kier molecular flexibility index (Phi) is 8.59. The normalized spacial score (nSPS) is 10.2. The molecule has 0 radical (unpaired) electrons. The number of ether oxygens (including phenoxy) is 2. The van der Waals surface area contributed by atoms with Crippen molar-refractivity contribution in [1.29, 1.82) is 0 Å². The number of nitrogens with one attached hydrogen (secondary N) is 2. The molecule has 0 aliphatic rings. The smallest absolute Gasteiger partial charge is 0.257 e. The average Bonchev–Trinajstić information content (AvgIpc) is 2.66. The van der Waals surface area contributed by atoms with Gasteiger partial charge in [-0.3, -0.25) is 10.1 Å². The van der Waals surface area contributed by atoms with E-state index in [9.17, 15) is 4.79 Å². The van der Waals surface area contributed by atoms with Crippen LogP contribution in [-0.2, 0) is 11.2 Å². The first-order valence-corrected chi connectivity index (χ1v) is 8.95. The maximum atomic E-state index is 12.2. The van der Waals surface area contributed by atoms with Gasteiger partial charge in [-0.25, -0.2) is 0 Å². The minimum Gasteiger partial charge on any atom is -0.493 e. The summed E-state index contributed by atoms with van der Waals surface area (Å²) in [5.74, 6) is 0.489. The number of methoxy groups -OCH3 is 1. The second kappa shape index (κ2) is 11.2. The highest BCUT2D eigenvalue weighted by molar-refractivity contribution is 7.80. The van der Waals surface area contributed by atoms with Gasteiger partial charge in [0, 0.05) is 32.2 Å². The molecule has 2 aromatic rings. The zero-order valence-corrected chi connectivity index (χ0v) is 15.7. The lowest BCUT2D eigenvalue weighted by Crippen LogP contribution is -2.39. The fourth-order valence-electron chi connectivity index (χ4n) is 2.27. The molecule has 26 heavy (non-hydrogen) atoms. The Balaban J connectivity index is 1.73. The molecule has 5 nitrogen and oxygen atoms in total. The summed E-state index contributed by atoms with van der Waals surface area (Å²) in [6.45, 7) is 1.89. The number of hydrogen-bond donors (Lipinski definition) is 2. The molecule has 0 fully saturated rings. The van der Waals surface area contributed by atoms with Gasteiger partial charge >= 0.3 is 0 Å². The number of thiocarbonyl (C=S) groups is 1. The molecule has 0 aliphatic carbocycles. The predicted molar refractivity (Wildman–Crippen MR) is 107 cm³/mol. The molecule has 0 bridgehead atoms. The average molecular weight is 372 g/mol. The van der Waals surface area contributed by atoms with E-state index in [1.165, 1.54) is 5.56 Å². The van der Waals surface area contributed by atoms with E-state index in [0.717, 1.165) is 18.6 Å². The van der Waals surface area contributed by atoms with E-state index in [0.29, 0.717) is 30.4 Å². The van der Waals surface area contributed by atoms with Crippen LogP contribution < -0.4 is 15.4 Å². The van der Waals surface area contributed by atoms with Crippen LogP contribution in [0.3, 0.4) is 0 Å². The Morgan fingerprint density at radius 2 is 1.77 bits per heavy atom. The molecule has 6 heteroatoms. The minimum atomic E-state index is -0.245. The van der Waals surface area contributed by atoms with Crippen molar-refractivity contribution < 1.29 is 14.3 Å². The second-order valence-corrected chi connectivity index (χ2v) is 6.07. The molecule has 2 aromatic carbocycles. The molecule has 0 saturated carbocycles. The molecule has 0 heterocycles. The molecule has 0 atom stereocenters. The van der Waals surface area contributed by atoms with Crippen molar-refractivity contribution in [2.75, 3.05) is 26.9 Å². The van der Waals surface area contributed by atoms with Crippen LogP contribution in [0.5, 0.6) is 5.75 Å². The van der Waals surface area contributed by atoms with Gasteiger partial charge in [-0.05, 0) is 48.5 Å². The summed E-state index contributed by atoms with van der Waals surface area (Å²) in [6, 6.07) is 17.2.